The number of hydrazine groups is 1. The van der Waals surface area contributed by atoms with E-state index in [0.29, 0.717) is 6.42 Å². The molecule has 0 aliphatic rings. The smallest absolute Gasteiger partial charge is 0.145 e. The molecule has 3 nitrogen and oxygen atoms in total. The van der Waals surface area contributed by atoms with Crippen LogP contribution in [0.1, 0.15) is 22.3 Å². The number of hydrogen-bond donors (Lipinski definition) is 2. The van der Waals surface area contributed by atoms with E-state index >= 15 is 0 Å². The zero-order chi connectivity index (χ0) is 14.0. The van der Waals surface area contributed by atoms with Gasteiger partial charge in [0.05, 0.1) is 21.2 Å². The van der Waals surface area contributed by atoms with E-state index in [1.807, 2.05) is 12.3 Å². The molecule has 0 fully saturated rings. The molecule has 0 bridgehead atoms. The maximum absolute atomic E-state index is 14.0. The molecule has 2 rings (SSSR count). The fourth-order valence-electron chi connectivity index (χ4n) is 1.82. The fraction of sp³-hybridized carbons (Fsp3) is 0.250. The minimum absolute atomic E-state index is 0.0810. The summed E-state index contributed by atoms with van der Waals surface area (Å²) in [7, 11) is 0. The van der Waals surface area contributed by atoms with Gasteiger partial charge in [0.1, 0.15) is 11.6 Å². The number of nitrogens with two attached hydrogens (primary N) is 1. The highest BCUT2D eigenvalue weighted by Gasteiger charge is 2.22. The van der Waals surface area contributed by atoms with E-state index in [1.165, 1.54) is 23.5 Å². The summed E-state index contributed by atoms with van der Waals surface area (Å²) in [6.45, 7) is 1.87. The quantitative estimate of drug-likeness (QED) is 0.507. The highest BCUT2D eigenvalue weighted by Crippen LogP contribution is 2.28. The summed E-state index contributed by atoms with van der Waals surface area (Å²) in [5.74, 6) is 4.15. The lowest BCUT2D eigenvalue weighted by Gasteiger charge is -2.17. The SMILES string of the molecule is Cc1nc(CC(NN)c2c(F)ccc(Br)c2F)cs1. The van der Waals surface area contributed by atoms with Crippen molar-refractivity contribution in [3.8, 4) is 0 Å². The third-order valence-corrected chi connectivity index (χ3v) is 4.14. The average molecular weight is 348 g/mol. The zero-order valence-corrected chi connectivity index (χ0v) is 12.5. The standard InChI is InChI=1S/C12H12BrF2N3S/c1-6-17-7(5-19-6)4-10(18-16)11-9(14)3-2-8(13)12(11)15/h2-3,5,10,18H,4,16H2,1H3. The lowest BCUT2D eigenvalue weighted by molar-refractivity contribution is 0.468. The van der Waals surface area contributed by atoms with Crippen LogP contribution in [0.25, 0.3) is 0 Å². The molecule has 0 aliphatic carbocycles. The van der Waals surface area contributed by atoms with Crippen LogP contribution in [0, 0.1) is 18.6 Å². The van der Waals surface area contributed by atoms with Gasteiger partial charge in [-0.3, -0.25) is 11.3 Å². The van der Waals surface area contributed by atoms with Crippen LogP contribution in [0.2, 0.25) is 0 Å². The summed E-state index contributed by atoms with van der Waals surface area (Å²) in [4.78, 5) is 4.27. The van der Waals surface area contributed by atoms with Crippen molar-refractivity contribution in [1.82, 2.24) is 10.4 Å². The van der Waals surface area contributed by atoms with Gasteiger partial charge in [0.15, 0.2) is 0 Å². The Bertz CT molecular complexity index is 588. The third-order valence-electron chi connectivity index (χ3n) is 2.71. The van der Waals surface area contributed by atoms with Crippen LogP contribution in [0.4, 0.5) is 8.78 Å². The topological polar surface area (TPSA) is 50.9 Å². The van der Waals surface area contributed by atoms with Crippen LogP contribution in [0.15, 0.2) is 22.0 Å². The van der Waals surface area contributed by atoms with Gasteiger partial charge in [-0.05, 0) is 35.0 Å². The predicted molar refractivity (Wildman–Crippen MR) is 74.7 cm³/mol. The van der Waals surface area contributed by atoms with E-state index in [1.54, 1.807) is 0 Å². The molecule has 0 radical (unpaired) electrons. The monoisotopic (exact) mass is 347 g/mol. The van der Waals surface area contributed by atoms with E-state index in [4.69, 9.17) is 5.84 Å². The van der Waals surface area contributed by atoms with Crippen LogP contribution >= 0.6 is 27.3 Å². The Morgan fingerprint density at radius 3 is 2.79 bits per heavy atom. The first-order valence-electron chi connectivity index (χ1n) is 5.53. The summed E-state index contributed by atoms with van der Waals surface area (Å²) in [6, 6.07) is 1.87. The first-order chi connectivity index (χ1) is 9.02. The van der Waals surface area contributed by atoms with Gasteiger partial charge in [-0.25, -0.2) is 13.8 Å². The number of benzene rings is 1. The summed E-state index contributed by atoms with van der Waals surface area (Å²) in [5.41, 5.74) is 3.12. The maximum atomic E-state index is 14.0. The van der Waals surface area contributed by atoms with Gasteiger partial charge < -0.3 is 0 Å². The second-order valence-electron chi connectivity index (χ2n) is 4.04. The Hall–Kier alpha value is -0.890. The summed E-state index contributed by atoms with van der Waals surface area (Å²) in [6.07, 6.45) is 0.325. The Morgan fingerprint density at radius 1 is 1.47 bits per heavy atom. The Morgan fingerprint density at radius 2 is 2.21 bits per heavy atom. The molecule has 0 spiro atoms. The molecule has 1 aromatic heterocycles. The van der Waals surface area contributed by atoms with E-state index in [9.17, 15) is 8.78 Å². The molecule has 1 unspecified atom stereocenters. The molecule has 0 amide bonds. The highest BCUT2D eigenvalue weighted by molar-refractivity contribution is 9.10. The zero-order valence-electron chi connectivity index (χ0n) is 10.1. The molecule has 7 heteroatoms. The van der Waals surface area contributed by atoms with Crippen molar-refractivity contribution in [2.45, 2.75) is 19.4 Å². The van der Waals surface area contributed by atoms with Gasteiger partial charge in [-0.15, -0.1) is 11.3 Å². The van der Waals surface area contributed by atoms with Crippen LogP contribution in [-0.2, 0) is 6.42 Å². The van der Waals surface area contributed by atoms with E-state index in [0.717, 1.165) is 10.7 Å². The Kier molecular flexibility index (Phi) is 4.62. The number of nitrogens with zero attached hydrogens (tertiary/aromatic N) is 1. The summed E-state index contributed by atoms with van der Waals surface area (Å²) < 4.78 is 28.0. The fourth-order valence-corrected chi connectivity index (χ4v) is 2.79. The van der Waals surface area contributed by atoms with Crippen molar-refractivity contribution in [1.29, 1.82) is 0 Å². The van der Waals surface area contributed by atoms with Crippen LogP contribution < -0.4 is 11.3 Å². The average Bonchev–Trinajstić information content (AvgIpc) is 2.78. The van der Waals surface area contributed by atoms with E-state index in [2.05, 4.69) is 26.3 Å². The minimum atomic E-state index is -0.668. The molecular formula is C12H12BrF2N3S. The first kappa shape index (κ1) is 14.5. The lowest BCUT2D eigenvalue weighted by Crippen LogP contribution is -2.31. The van der Waals surface area contributed by atoms with E-state index < -0.39 is 17.7 Å². The molecule has 2 aromatic rings. The molecule has 0 saturated heterocycles. The van der Waals surface area contributed by atoms with E-state index in [-0.39, 0.29) is 10.0 Å². The minimum Gasteiger partial charge on any atom is -0.271 e. The van der Waals surface area contributed by atoms with Crippen molar-refractivity contribution >= 4 is 27.3 Å². The number of aryl methyl sites for hydroxylation is 1. The molecule has 1 atom stereocenters. The van der Waals surface area contributed by atoms with Crippen LogP contribution in [0.5, 0.6) is 0 Å². The number of halogens is 3. The van der Waals surface area contributed by atoms with Crippen LogP contribution in [-0.4, -0.2) is 4.98 Å². The highest BCUT2D eigenvalue weighted by atomic mass is 79.9. The Balaban J connectivity index is 2.34. The van der Waals surface area contributed by atoms with Crippen molar-refractivity contribution in [2.24, 2.45) is 5.84 Å². The number of thiazole rings is 1. The van der Waals surface area contributed by atoms with Crippen LogP contribution in [0.3, 0.4) is 0 Å². The molecule has 19 heavy (non-hydrogen) atoms. The third kappa shape index (κ3) is 3.17. The number of nitrogens with one attached hydrogen (secondary N) is 1. The lowest BCUT2D eigenvalue weighted by atomic mass is 10.0. The number of rotatable bonds is 4. The molecule has 0 saturated carbocycles. The van der Waals surface area contributed by atoms with Gasteiger partial charge >= 0.3 is 0 Å². The van der Waals surface area contributed by atoms with Crippen molar-refractivity contribution in [2.75, 3.05) is 0 Å². The van der Waals surface area contributed by atoms with Crippen molar-refractivity contribution < 1.29 is 8.78 Å². The van der Waals surface area contributed by atoms with Gasteiger partial charge in [0.2, 0.25) is 0 Å². The second kappa shape index (κ2) is 6.04. The van der Waals surface area contributed by atoms with Gasteiger partial charge in [-0.2, -0.15) is 0 Å². The summed E-state index contributed by atoms with van der Waals surface area (Å²) >= 11 is 4.53. The van der Waals surface area contributed by atoms with Gasteiger partial charge in [0.25, 0.3) is 0 Å². The van der Waals surface area contributed by atoms with Crippen molar-refractivity contribution in [3.63, 3.8) is 0 Å². The molecule has 1 heterocycles. The molecule has 0 aliphatic heterocycles. The van der Waals surface area contributed by atoms with Gasteiger partial charge in [0, 0.05) is 17.4 Å². The second-order valence-corrected chi connectivity index (χ2v) is 5.95. The molecule has 1 aromatic carbocycles. The number of hydrogen-bond acceptors (Lipinski definition) is 4. The van der Waals surface area contributed by atoms with Gasteiger partial charge in [-0.1, -0.05) is 0 Å². The maximum Gasteiger partial charge on any atom is 0.145 e. The first-order valence-corrected chi connectivity index (χ1v) is 7.20. The number of aromatic nitrogens is 1. The normalized spacial score (nSPS) is 12.7. The largest absolute Gasteiger partial charge is 0.271 e. The predicted octanol–water partition coefficient (Wildman–Crippen LogP) is 3.24. The molecule has 102 valence electrons. The Labute approximate surface area is 122 Å². The van der Waals surface area contributed by atoms with Crippen molar-refractivity contribution in [3.05, 3.63) is 49.9 Å². The molecule has 3 N–H and O–H groups in total. The summed E-state index contributed by atoms with van der Waals surface area (Å²) in [5, 5.41) is 2.76. The molecular weight excluding hydrogens is 336 g/mol.